The molecule has 3 nitrogen and oxygen atoms in total. The fourth-order valence-electron chi connectivity index (χ4n) is 2.97. The van der Waals surface area contributed by atoms with E-state index >= 15 is 0 Å². The largest absolute Gasteiger partial charge is 0.315 e. The van der Waals surface area contributed by atoms with Gasteiger partial charge in [-0.15, -0.1) is 0 Å². The maximum Gasteiger partial charge on any atom is 0.131 e. The van der Waals surface area contributed by atoms with Crippen molar-refractivity contribution in [2.45, 2.75) is 12.5 Å². The third-order valence-corrected chi connectivity index (χ3v) is 4.00. The molecule has 0 radical (unpaired) electrons. The van der Waals surface area contributed by atoms with Crippen LogP contribution < -0.4 is 5.32 Å². The van der Waals surface area contributed by atoms with Crippen molar-refractivity contribution in [3.63, 3.8) is 0 Å². The maximum atomic E-state index is 14.3. The second-order valence-electron chi connectivity index (χ2n) is 5.49. The highest BCUT2D eigenvalue weighted by molar-refractivity contribution is 5.31. The van der Waals surface area contributed by atoms with E-state index in [0.717, 1.165) is 44.2 Å². The van der Waals surface area contributed by atoms with Crippen molar-refractivity contribution < 1.29 is 8.78 Å². The van der Waals surface area contributed by atoms with Crippen molar-refractivity contribution in [1.29, 1.82) is 0 Å². The van der Waals surface area contributed by atoms with Crippen LogP contribution in [0, 0.1) is 11.6 Å². The molecule has 0 aliphatic carbocycles. The number of rotatable bonds is 3. The van der Waals surface area contributed by atoms with E-state index in [1.807, 2.05) is 12.1 Å². The molecular weight excluding hydrogens is 284 g/mol. The molecule has 1 fully saturated rings. The number of pyridine rings is 1. The van der Waals surface area contributed by atoms with Gasteiger partial charge in [0.15, 0.2) is 0 Å². The Morgan fingerprint density at radius 2 is 2.05 bits per heavy atom. The maximum absolute atomic E-state index is 14.3. The zero-order chi connectivity index (χ0) is 15.4. The van der Waals surface area contributed by atoms with Gasteiger partial charge >= 0.3 is 0 Å². The van der Waals surface area contributed by atoms with Gasteiger partial charge in [0.1, 0.15) is 11.6 Å². The SMILES string of the molecule is Fc1ccc(C(c2cccnc2)N2CCCNCC2)c(F)c1. The molecule has 0 amide bonds. The lowest BCUT2D eigenvalue weighted by molar-refractivity contribution is 0.236. The molecule has 0 bridgehead atoms. The van der Waals surface area contributed by atoms with E-state index in [-0.39, 0.29) is 6.04 Å². The molecule has 1 N–H and O–H groups in total. The summed E-state index contributed by atoms with van der Waals surface area (Å²) in [6.45, 7) is 3.50. The first kappa shape index (κ1) is 15.1. The van der Waals surface area contributed by atoms with Crippen LogP contribution >= 0.6 is 0 Å². The fourth-order valence-corrected chi connectivity index (χ4v) is 2.97. The van der Waals surface area contributed by atoms with Crippen molar-refractivity contribution in [2.24, 2.45) is 0 Å². The summed E-state index contributed by atoms with van der Waals surface area (Å²) in [7, 11) is 0. The molecule has 22 heavy (non-hydrogen) atoms. The lowest BCUT2D eigenvalue weighted by Gasteiger charge is -2.31. The zero-order valence-corrected chi connectivity index (χ0v) is 12.3. The predicted molar refractivity (Wildman–Crippen MR) is 81.5 cm³/mol. The van der Waals surface area contributed by atoms with Crippen molar-refractivity contribution in [1.82, 2.24) is 15.2 Å². The van der Waals surface area contributed by atoms with Crippen LogP contribution in [0.15, 0.2) is 42.7 Å². The molecule has 1 aliphatic heterocycles. The van der Waals surface area contributed by atoms with Crippen LogP contribution in [0.2, 0.25) is 0 Å². The Hall–Kier alpha value is -1.85. The van der Waals surface area contributed by atoms with Gasteiger partial charge in [-0.25, -0.2) is 8.78 Å². The normalized spacial score (nSPS) is 17.9. The number of hydrogen-bond acceptors (Lipinski definition) is 3. The van der Waals surface area contributed by atoms with Crippen LogP contribution in [-0.4, -0.2) is 36.1 Å². The van der Waals surface area contributed by atoms with E-state index in [9.17, 15) is 8.78 Å². The number of halogens is 2. The topological polar surface area (TPSA) is 28.2 Å². The van der Waals surface area contributed by atoms with E-state index in [1.54, 1.807) is 18.5 Å². The molecule has 3 rings (SSSR count). The van der Waals surface area contributed by atoms with Crippen LogP contribution in [-0.2, 0) is 0 Å². The molecule has 1 aromatic heterocycles. The number of nitrogens with zero attached hydrogens (tertiary/aromatic N) is 2. The number of nitrogens with one attached hydrogen (secondary N) is 1. The highest BCUT2D eigenvalue weighted by Gasteiger charge is 2.26. The second-order valence-corrected chi connectivity index (χ2v) is 5.49. The minimum absolute atomic E-state index is 0.241. The minimum atomic E-state index is -0.552. The summed E-state index contributed by atoms with van der Waals surface area (Å²) in [4.78, 5) is 6.39. The molecule has 2 heterocycles. The van der Waals surface area contributed by atoms with E-state index in [1.165, 1.54) is 6.07 Å². The smallest absolute Gasteiger partial charge is 0.131 e. The predicted octanol–water partition coefficient (Wildman–Crippen LogP) is 2.74. The monoisotopic (exact) mass is 303 g/mol. The van der Waals surface area contributed by atoms with Gasteiger partial charge in [-0.1, -0.05) is 12.1 Å². The fraction of sp³-hybridized carbons (Fsp3) is 0.353. The van der Waals surface area contributed by atoms with Gasteiger partial charge in [0, 0.05) is 43.7 Å². The lowest BCUT2D eigenvalue weighted by atomic mass is 9.97. The molecule has 0 saturated carbocycles. The minimum Gasteiger partial charge on any atom is -0.315 e. The first-order valence-corrected chi connectivity index (χ1v) is 7.55. The van der Waals surface area contributed by atoms with Crippen LogP contribution in [0.25, 0.3) is 0 Å². The van der Waals surface area contributed by atoms with Crippen LogP contribution in [0.3, 0.4) is 0 Å². The van der Waals surface area contributed by atoms with Gasteiger partial charge in [-0.3, -0.25) is 9.88 Å². The summed E-state index contributed by atoms with van der Waals surface area (Å²) < 4.78 is 27.6. The molecule has 1 aromatic carbocycles. The molecule has 1 saturated heterocycles. The van der Waals surface area contributed by atoms with E-state index in [0.29, 0.717) is 5.56 Å². The molecule has 1 atom stereocenters. The molecule has 1 unspecified atom stereocenters. The number of hydrogen-bond donors (Lipinski definition) is 1. The summed E-state index contributed by atoms with van der Waals surface area (Å²) in [5.74, 6) is -1.06. The zero-order valence-electron chi connectivity index (χ0n) is 12.3. The average molecular weight is 303 g/mol. The van der Waals surface area contributed by atoms with Gasteiger partial charge < -0.3 is 5.32 Å². The summed E-state index contributed by atoms with van der Waals surface area (Å²) in [6, 6.07) is 7.36. The standard InChI is InChI=1S/C17H19F2N3/c18-14-4-5-15(16(19)11-14)17(13-3-1-6-21-12-13)22-9-2-7-20-8-10-22/h1,3-6,11-12,17,20H,2,7-10H2. The molecule has 1 aliphatic rings. The van der Waals surface area contributed by atoms with Crippen molar-refractivity contribution in [3.05, 3.63) is 65.5 Å². The van der Waals surface area contributed by atoms with Crippen LogP contribution in [0.5, 0.6) is 0 Å². The summed E-state index contributed by atoms with van der Waals surface area (Å²) >= 11 is 0. The summed E-state index contributed by atoms with van der Waals surface area (Å²) in [5.41, 5.74) is 1.42. The first-order valence-electron chi connectivity index (χ1n) is 7.55. The second kappa shape index (κ2) is 6.94. The first-order chi connectivity index (χ1) is 10.8. The Kier molecular flexibility index (Phi) is 4.75. The van der Waals surface area contributed by atoms with Gasteiger partial charge in [0.25, 0.3) is 0 Å². The average Bonchev–Trinajstić information content (AvgIpc) is 2.80. The Balaban J connectivity index is 2.02. The third kappa shape index (κ3) is 3.31. The van der Waals surface area contributed by atoms with Crippen molar-refractivity contribution >= 4 is 0 Å². The molecule has 5 heteroatoms. The third-order valence-electron chi connectivity index (χ3n) is 4.00. The molecule has 0 spiro atoms. The van der Waals surface area contributed by atoms with Gasteiger partial charge in [0.2, 0.25) is 0 Å². The van der Waals surface area contributed by atoms with Crippen molar-refractivity contribution in [2.75, 3.05) is 26.2 Å². The molecule has 2 aromatic rings. The van der Waals surface area contributed by atoms with Gasteiger partial charge in [-0.2, -0.15) is 0 Å². The van der Waals surface area contributed by atoms with Crippen LogP contribution in [0.1, 0.15) is 23.6 Å². The Morgan fingerprint density at radius 1 is 1.14 bits per heavy atom. The highest BCUT2D eigenvalue weighted by Crippen LogP contribution is 2.30. The van der Waals surface area contributed by atoms with E-state index in [2.05, 4.69) is 15.2 Å². The Bertz CT molecular complexity index is 611. The Morgan fingerprint density at radius 3 is 2.82 bits per heavy atom. The quantitative estimate of drug-likeness (QED) is 0.945. The number of aromatic nitrogens is 1. The summed E-state index contributed by atoms with van der Waals surface area (Å²) in [6.07, 6.45) is 4.46. The van der Waals surface area contributed by atoms with E-state index < -0.39 is 11.6 Å². The van der Waals surface area contributed by atoms with E-state index in [4.69, 9.17) is 0 Å². The summed E-state index contributed by atoms with van der Waals surface area (Å²) in [5, 5.41) is 3.35. The number of benzene rings is 1. The van der Waals surface area contributed by atoms with Gasteiger partial charge in [-0.05, 0) is 30.7 Å². The lowest BCUT2D eigenvalue weighted by Crippen LogP contribution is -2.33. The van der Waals surface area contributed by atoms with Gasteiger partial charge in [0.05, 0.1) is 6.04 Å². The van der Waals surface area contributed by atoms with Crippen LogP contribution in [0.4, 0.5) is 8.78 Å². The van der Waals surface area contributed by atoms with Crippen molar-refractivity contribution in [3.8, 4) is 0 Å². The molecule has 116 valence electrons. The molecular formula is C17H19F2N3. The Labute approximate surface area is 129 Å². The highest BCUT2D eigenvalue weighted by atomic mass is 19.1.